The van der Waals surface area contributed by atoms with Crippen molar-refractivity contribution in [2.75, 3.05) is 11.4 Å². The van der Waals surface area contributed by atoms with E-state index in [0.29, 0.717) is 6.42 Å². The third kappa shape index (κ3) is 2.12. The molecule has 2 aliphatic rings. The summed E-state index contributed by atoms with van der Waals surface area (Å²) < 4.78 is 5.13. The van der Waals surface area contributed by atoms with E-state index in [1.54, 1.807) is 24.9 Å². The number of furan rings is 1. The minimum atomic E-state index is 0.164. The van der Waals surface area contributed by atoms with E-state index in [1.165, 1.54) is 6.33 Å². The molecule has 2 aromatic rings. The lowest BCUT2D eigenvalue weighted by atomic mass is 10.1. The van der Waals surface area contributed by atoms with E-state index in [2.05, 4.69) is 14.9 Å². The number of nitrogens with zero attached hydrogens (tertiary/aromatic N) is 4. The summed E-state index contributed by atoms with van der Waals surface area (Å²) in [6.07, 6.45) is 9.93. The number of fused-ring (bicyclic) bond motifs is 1. The van der Waals surface area contributed by atoms with Crippen LogP contribution < -0.4 is 4.90 Å². The van der Waals surface area contributed by atoms with Gasteiger partial charge in [0, 0.05) is 31.1 Å². The van der Waals surface area contributed by atoms with Crippen molar-refractivity contribution in [3.8, 4) is 0 Å². The van der Waals surface area contributed by atoms with E-state index >= 15 is 0 Å². The zero-order chi connectivity index (χ0) is 14.2. The van der Waals surface area contributed by atoms with Gasteiger partial charge in [0.05, 0.1) is 36.6 Å². The fraction of sp³-hybridized carbons (Fsp3) is 0.400. The Labute approximate surface area is 122 Å². The molecular formula is C15H16N4O2. The van der Waals surface area contributed by atoms with Gasteiger partial charge < -0.3 is 9.32 Å². The second-order valence-electron chi connectivity index (χ2n) is 5.59. The van der Waals surface area contributed by atoms with E-state index < -0.39 is 0 Å². The third-order valence-electron chi connectivity index (χ3n) is 4.40. The molecule has 2 aliphatic heterocycles. The molecule has 2 aromatic heterocycles. The number of carbonyl (C=O) groups is 1. The predicted octanol–water partition coefficient (Wildman–Crippen LogP) is 1.45. The first-order valence-corrected chi connectivity index (χ1v) is 7.15. The smallest absolute Gasteiger partial charge is 0.229 e. The van der Waals surface area contributed by atoms with Crippen LogP contribution in [0.4, 0.5) is 5.69 Å². The molecule has 0 N–H and O–H groups in total. The van der Waals surface area contributed by atoms with Crippen LogP contribution in [0.25, 0.3) is 0 Å². The number of amides is 1. The normalized spacial score (nSPS) is 25.5. The van der Waals surface area contributed by atoms with Gasteiger partial charge in [-0.15, -0.1) is 0 Å². The van der Waals surface area contributed by atoms with E-state index in [9.17, 15) is 4.79 Å². The molecule has 0 aromatic carbocycles. The lowest BCUT2D eigenvalue weighted by Gasteiger charge is -2.24. The number of hydrogen-bond acceptors (Lipinski definition) is 5. The molecule has 2 saturated heterocycles. The zero-order valence-corrected chi connectivity index (χ0v) is 11.6. The van der Waals surface area contributed by atoms with Crippen molar-refractivity contribution in [1.82, 2.24) is 14.9 Å². The molecule has 0 spiro atoms. The maximum Gasteiger partial charge on any atom is 0.229 e. The van der Waals surface area contributed by atoms with Gasteiger partial charge in [0.15, 0.2) is 0 Å². The molecule has 108 valence electrons. The molecule has 2 fully saturated rings. The van der Waals surface area contributed by atoms with E-state index in [-0.39, 0.29) is 18.0 Å². The van der Waals surface area contributed by atoms with Crippen LogP contribution in [0.2, 0.25) is 0 Å². The van der Waals surface area contributed by atoms with Crippen molar-refractivity contribution in [2.45, 2.75) is 31.5 Å². The highest BCUT2D eigenvalue weighted by atomic mass is 16.3. The van der Waals surface area contributed by atoms with Crippen LogP contribution in [0, 0.1) is 0 Å². The minimum Gasteiger partial charge on any atom is -0.472 e. The maximum absolute atomic E-state index is 12.4. The summed E-state index contributed by atoms with van der Waals surface area (Å²) in [7, 11) is 0. The Balaban J connectivity index is 1.55. The van der Waals surface area contributed by atoms with Crippen LogP contribution in [-0.4, -0.2) is 39.4 Å². The van der Waals surface area contributed by atoms with Gasteiger partial charge in [-0.1, -0.05) is 0 Å². The van der Waals surface area contributed by atoms with Crippen LogP contribution in [0.15, 0.2) is 41.7 Å². The first-order chi connectivity index (χ1) is 10.3. The summed E-state index contributed by atoms with van der Waals surface area (Å²) >= 11 is 0. The molecule has 4 heterocycles. The molecule has 4 rings (SSSR count). The molecule has 2 unspecified atom stereocenters. The van der Waals surface area contributed by atoms with Crippen molar-refractivity contribution in [1.29, 1.82) is 0 Å². The topological polar surface area (TPSA) is 62.5 Å². The monoisotopic (exact) mass is 284 g/mol. The quantitative estimate of drug-likeness (QED) is 0.853. The Hall–Kier alpha value is -2.21. The van der Waals surface area contributed by atoms with Gasteiger partial charge in [0.25, 0.3) is 0 Å². The van der Waals surface area contributed by atoms with Gasteiger partial charge in [-0.05, 0) is 12.5 Å². The lowest BCUT2D eigenvalue weighted by Crippen LogP contribution is -2.37. The van der Waals surface area contributed by atoms with Gasteiger partial charge in [0.2, 0.25) is 5.91 Å². The van der Waals surface area contributed by atoms with Gasteiger partial charge in [0.1, 0.15) is 6.33 Å². The Morgan fingerprint density at radius 2 is 2.14 bits per heavy atom. The Morgan fingerprint density at radius 1 is 1.29 bits per heavy atom. The summed E-state index contributed by atoms with van der Waals surface area (Å²) in [4.78, 5) is 24.7. The summed E-state index contributed by atoms with van der Waals surface area (Å²) in [6.45, 7) is 1.84. The highest BCUT2D eigenvalue weighted by molar-refractivity contribution is 5.97. The molecule has 0 aliphatic carbocycles. The zero-order valence-electron chi connectivity index (χ0n) is 11.6. The molecule has 0 saturated carbocycles. The largest absolute Gasteiger partial charge is 0.472 e. The van der Waals surface area contributed by atoms with Crippen molar-refractivity contribution in [2.24, 2.45) is 0 Å². The van der Waals surface area contributed by atoms with E-state index in [0.717, 1.165) is 30.8 Å². The molecule has 0 radical (unpaired) electrons. The number of hydrogen-bond donors (Lipinski definition) is 0. The van der Waals surface area contributed by atoms with Gasteiger partial charge in [-0.25, -0.2) is 9.97 Å². The van der Waals surface area contributed by atoms with Crippen molar-refractivity contribution >= 4 is 11.6 Å². The number of anilines is 1. The third-order valence-corrected chi connectivity index (χ3v) is 4.40. The number of carbonyl (C=O) groups excluding carboxylic acids is 1. The maximum atomic E-state index is 12.4. The number of rotatable bonds is 3. The summed E-state index contributed by atoms with van der Waals surface area (Å²) in [5.41, 5.74) is 1.96. The molecule has 1 amide bonds. The van der Waals surface area contributed by atoms with Crippen LogP contribution in [0.1, 0.15) is 18.4 Å². The average molecular weight is 284 g/mol. The van der Waals surface area contributed by atoms with Crippen LogP contribution in [-0.2, 0) is 11.3 Å². The summed E-state index contributed by atoms with van der Waals surface area (Å²) in [5, 5.41) is 0. The molecule has 6 heteroatoms. The second-order valence-corrected chi connectivity index (χ2v) is 5.59. The van der Waals surface area contributed by atoms with E-state index in [1.807, 2.05) is 11.0 Å². The predicted molar refractivity (Wildman–Crippen MR) is 75.4 cm³/mol. The van der Waals surface area contributed by atoms with Crippen molar-refractivity contribution < 1.29 is 9.21 Å². The average Bonchev–Trinajstić information content (AvgIpc) is 3.19. The van der Waals surface area contributed by atoms with Crippen LogP contribution in [0.5, 0.6) is 0 Å². The highest BCUT2D eigenvalue weighted by Crippen LogP contribution is 2.36. The van der Waals surface area contributed by atoms with Crippen LogP contribution >= 0.6 is 0 Å². The highest BCUT2D eigenvalue weighted by Gasteiger charge is 2.47. The first kappa shape index (κ1) is 12.5. The molecule has 6 nitrogen and oxygen atoms in total. The SMILES string of the molecule is O=C1CC2C(CCN2Cc2ccoc2)N1c1cncnc1. The van der Waals surface area contributed by atoms with Gasteiger partial charge >= 0.3 is 0 Å². The van der Waals surface area contributed by atoms with Gasteiger partial charge in [-0.2, -0.15) is 0 Å². The molecule has 0 bridgehead atoms. The van der Waals surface area contributed by atoms with Crippen molar-refractivity contribution in [3.05, 3.63) is 42.9 Å². The molecule has 21 heavy (non-hydrogen) atoms. The standard InChI is InChI=1S/C15H16N4O2/c20-15-5-14-13(19(15)12-6-16-10-17-7-12)1-3-18(14)8-11-2-4-21-9-11/h2,4,6-7,9-10,13-14H,1,3,5,8H2. The molecular weight excluding hydrogens is 268 g/mol. The summed E-state index contributed by atoms with van der Waals surface area (Å²) in [5.74, 6) is 0.164. The lowest BCUT2D eigenvalue weighted by molar-refractivity contribution is -0.117. The summed E-state index contributed by atoms with van der Waals surface area (Å²) in [6, 6.07) is 2.48. The minimum absolute atomic E-state index is 0.164. The number of aromatic nitrogens is 2. The first-order valence-electron chi connectivity index (χ1n) is 7.15. The van der Waals surface area contributed by atoms with Gasteiger partial charge in [-0.3, -0.25) is 9.69 Å². The van der Waals surface area contributed by atoms with E-state index in [4.69, 9.17) is 4.42 Å². The Kier molecular flexibility index (Phi) is 2.96. The molecule has 2 atom stereocenters. The number of likely N-dealkylation sites (tertiary alicyclic amines) is 1. The fourth-order valence-electron chi connectivity index (χ4n) is 3.49. The Morgan fingerprint density at radius 3 is 2.90 bits per heavy atom. The van der Waals surface area contributed by atoms with Crippen LogP contribution in [0.3, 0.4) is 0 Å². The van der Waals surface area contributed by atoms with Crippen molar-refractivity contribution in [3.63, 3.8) is 0 Å². The fourth-order valence-corrected chi connectivity index (χ4v) is 3.49. The Bertz CT molecular complexity index is 628. The second kappa shape index (κ2) is 4.96.